The lowest BCUT2D eigenvalue weighted by Crippen LogP contribution is -2.34. The van der Waals surface area contributed by atoms with E-state index in [-0.39, 0.29) is 11.9 Å². The minimum Gasteiger partial charge on any atom is -0.357 e. The molecule has 0 radical (unpaired) electrons. The minimum absolute atomic E-state index is 0.0105. The zero-order chi connectivity index (χ0) is 19.1. The summed E-state index contributed by atoms with van der Waals surface area (Å²) < 4.78 is 3.48. The third kappa shape index (κ3) is 3.16. The van der Waals surface area contributed by atoms with Gasteiger partial charge in [-0.25, -0.2) is 9.67 Å². The maximum Gasteiger partial charge on any atom is 0.250 e. The van der Waals surface area contributed by atoms with Gasteiger partial charge in [-0.05, 0) is 33.3 Å². The Bertz CT molecular complexity index is 1000. The second kappa shape index (κ2) is 6.49. The van der Waals surface area contributed by atoms with Crippen LogP contribution in [0.5, 0.6) is 0 Å². The van der Waals surface area contributed by atoms with Crippen LogP contribution in [0, 0.1) is 20.8 Å². The molecule has 1 aliphatic heterocycles. The van der Waals surface area contributed by atoms with Crippen LogP contribution in [0.1, 0.15) is 23.5 Å². The van der Waals surface area contributed by atoms with Gasteiger partial charge in [0.2, 0.25) is 0 Å². The van der Waals surface area contributed by atoms with Crippen LogP contribution in [0.4, 0.5) is 11.6 Å². The van der Waals surface area contributed by atoms with Gasteiger partial charge in [-0.1, -0.05) is 0 Å². The highest BCUT2D eigenvalue weighted by Gasteiger charge is 2.34. The smallest absolute Gasteiger partial charge is 0.250 e. The van der Waals surface area contributed by atoms with Crippen LogP contribution < -0.4 is 10.2 Å². The van der Waals surface area contributed by atoms with Gasteiger partial charge in [0, 0.05) is 25.4 Å². The molecule has 1 aliphatic rings. The van der Waals surface area contributed by atoms with E-state index in [2.05, 4.69) is 25.5 Å². The van der Waals surface area contributed by atoms with Crippen LogP contribution in [0.25, 0.3) is 5.82 Å². The van der Waals surface area contributed by atoms with E-state index in [0.29, 0.717) is 24.6 Å². The molecule has 0 aliphatic carbocycles. The van der Waals surface area contributed by atoms with Crippen molar-refractivity contribution in [1.29, 1.82) is 0 Å². The van der Waals surface area contributed by atoms with Crippen molar-refractivity contribution in [2.24, 2.45) is 7.05 Å². The molecule has 1 N–H and O–H groups in total. The highest BCUT2D eigenvalue weighted by molar-refractivity contribution is 6.00. The van der Waals surface area contributed by atoms with Gasteiger partial charge in [0.05, 0.1) is 23.8 Å². The van der Waals surface area contributed by atoms with Crippen molar-refractivity contribution < 1.29 is 4.79 Å². The van der Waals surface area contributed by atoms with Crippen LogP contribution in [0.3, 0.4) is 0 Å². The van der Waals surface area contributed by atoms with E-state index in [1.807, 2.05) is 40.0 Å². The Morgan fingerprint density at radius 1 is 1.11 bits per heavy atom. The van der Waals surface area contributed by atoms with Crippen LogP contribution in [-0.4, -0.2) is 48.0 Å². The Balaban J connectivity index is 1.53. The first-order valence-corrected chi connectivity index (χ1v) is 8.86. The number of hydrogen-bond donors (Lipinski definition) is 1. The standard InChI is InChI=1S/C18H22N8O/c1-11-7-13(3)26(23-11)16-10-19-9-15(21-16)20-14-5-6-25(18(14)27)17-8-12(2)22-24(17)4/h7-10,14H,5-6H2,1-4H3,(H,20,21). The van der Waals surface area contributed by atoms with E-state index in [1.165, 1.54) is 0 Å². The van der Waals surface area contributed by atoms with E-state index in [1.54, 1.807) is 26.7 Å². The summed E-state index contributed by atoms with van der Waals surface area (Å²) in [5.74, 6) is 2.00. The molecule has 0 aromatic carbocycles. The van der Waals surface area contributed by atoms with Gasteiger partial charge in [0.15, 0.2) is 5.82 Å². The summed E-state index contributed by atoms with van der Waals surface area (Å²) in [6.45, 7) is 6.46. The van der Waals surface area contributed by atoms with Gasteiger partial charge in [-0.15, -0.1) is 0 Å². The van der Waals surface area contributed by atoms with E-state index >= 15 is 0 Å². The van der Waals surface area contributed by atoms with E-state index < -0.39 is 0 Å². The fourth-order valence-electron chi connectivity index (χ4n) is 3.46. The number of nitrogens with one attached hydrogen (secondary N) is 1. The molecule has 3 aromatic heterocycles. The fourth-order valence-corrected chi connectivity index (χ4v) is 3.46. The van der Waals surface area contributed by atoms with Gasteiger partial charge in [-0.3, -0.25) is 19.4 Å². The van der Waals surface area contributed by atoms with Crippen LogP contribution in [-0.2, 0) is 11.8 Å². The number of carbonyl (C=O) groups excluding carboxylic acids is 1. The van der Waals surface area contributed by atoms with Gasteiger partial charge in [0.25, 0.3) is 5.91 Å². The SMILES string of the molecule is Cc1cc(N2CCC(Nc3cncc(-n4nc(C)cc4C)n3)C2=O)n(C)n1. The summed E-state index contributed by atoms with van der Waals surface area (Å²) in [5, 5.41) is 12.0. The number of rotatable bonds is 4. The number of amides is 1. The summed E-state index contributed by atoms with van der Waals surface area (Å²) >= 11 is 0. The number of carbonyl (C=O) groups is 1. The maximum absolute atomic E-state index is 12.8. The van der Waals surface area contributed by atoms with Crippen molar-refractivity contribution in [2.45, 2.75) is 33.2 Å². The molecular weight excluding hydrogens is 344 g/mol. The normalized spacial score (nSPS) is 17.0. The molecule has 140 valence electrons. The quantitative estimate of drug-likeness (QED) is 0.753. The molecule has 1 unspecified atom stereocenters. The largest absolute Gasteiger partial charge is 0.357 e. The Morgan fingerprint density at radius 2 is 1.89 bits per heavy atom. The topological polar surface area (TPSA) is 93.8 Å². The molecule has 0 saturated carbocycles. The predicted molar refractivity (Wildman–Crippen MR) is 101 cm³/mol. The molecule has 3 aromatic rings. The predicted octanol–water partition coefficient (Wildman–Crippen LogP) is 1.54. The fraction of sp³-hybridized carbons (Fsp3) is 0.389. The molecule has 1 fully saturated rings. The summed E-state index contributed by atoms with van der Waals surface area (Å²) in [6.07, 6.45) is 3.97. The summed E-state index contributed by atoms with van der Waals surface area (Å²) in [5.41, 5.74) is 2.79. The van der Waals surface area contributed by atoms with Crippen molar-refractivity contribution in [3.8, 4) is 5.82 Å². The molecule has 9 nitrogen and oxygen atoms in total. The molecule has 0 spiro atoms. The minimum atomic E-state index is -0.342. The van der Waals surface area contributed by atoms with Gasteiger partial charge < -0.3 is 5.32 Å². The zero-order valence-corrected chi connectivity index (χ0v) is 15.8. The average Bonchev–Trinajstić information content (AvgIpc) is 3.26. The first kappa shape index (κ1) is 17.2. The molecule has 1 saturated heterocycles. The first-order chi connectivity index (χ1) is 12.9. The average molecular weight is 366 g/mol. The molecule has 4 heterocycles. The number of aromatic nitrogens is 6. The van der Waals surface area contributed by atoms with E-state index in [0.717, 1.165) is 22.9 Å². The Morgan fingerprint density at radius 3 is 2.56 bits per heavy atom. The second-order valence-electron chi connectivity index (χ2n) is 6.84. The zero-order valence-electron chi connectivity index (χ0n) is 15.8. The lowest BCUT2D eigenvalue weighted by atomic mass is 10.2. The van der Waals surface area contributed by atoms with E-state index in [4.69, 9.17) is 0 Å². The van der Waals surface area contributed by atoms with Gasteiger partial charge >= 0.3 is 0 Å². The highest BCUT2D eigenvalue weighted by atomic mass is 16.2. The van der Waals surface area contributed by atoms with Crippen molar-refractivity contribution in [2.75, 3.05) is 16.8 Å². The molecule has 27 heavy (non-hydrogen) atoms. The van der Waals surface area contributed by atoms with Gasteiger partial charge in [-0.2, -0.15) is 10.2 Å². The first-order valence-electron chi connectivity index (χ1n) is 8.86. The highest BCUT2D eigenvalue weighted by Crippen LogP contribution is 2.24. The van der Waals surface area contributed by atoms with Crippen LogP contribution in [0.15, 0.2) is 24.5 Å². The molecule has 1 atom stereocenters. The van der Waals surface area contributed by atoms with Crippen molar-refractivity contribution in [3.05, 3.63) is 41.6 Å². The third-order valence-corrected chi connectivity index (χ3v) is 4.63. The third-order valence-electron chi connectivity index (χ3n) is 4.63. The molecule has 9 heteroatoms. The number of anilines is 2. The lowest BCUT2D eigenvalue weighted by Gasteiger charge is -2.17. The second-order valence-corrected chi connectivity index (χ2v) is 6.84. The number of hydrogen-bond acceptors (Lipinski definition) is 6. The van der Waals surface area contributed by atoms with Gasteiger partial charge in [0.1, 0.15) is 17.7 Å². The Hall–Kier alpha value is -3.23. The summed E-state index contributed by atoms with van der Waals surface area (Å²) in [7, 11) is 1.85. The van der Waals surface area contributed by atoms with Crippen LogP contribution in [0.2, 0.25) is 0 Å². The molecule has 0 bridgehead atoms. The lowest BCUT2D eigenvalue weighted by molar-refractivity contribution is -0.117. The number of aryl methyl sites for hydroxylation is 4. The van der Waals surface area contributed by atoms with Crippen LogP contribution >= 0.6 is 0 Å². The van der Waals surface area contributed by atoms with Crippen molar-refractivity contribution in [1.82, 2.24) is 29.5 Å². The molecular formula is C18H22N8O. The number of nitrogens with zero attached hydrogens (tertiary/aromatic N) is 7. The molecule has 1 amide bonds. The Labute approximate surface area is 157 Å². The summed E-state index contributed by atoms with van der Waals surface area (Å²) in [6, 6.07) is 3.56. The van der Waals surface area contributed by atoms with Crippen molar-refractivity contribution >= 4 is 17.5 Å². The molecule has 4 rings (SSSR count). The Kier molecular flexibility index (Phi) is 4.14. The van der Waals surface area contributed by atoms with Crippen molar-refractivity contribution in [3.63, 3.8) is 0 Å². The monoisotopic (exact) mass is 366 g/mol. The van der Waals surface area contributed by atoms with E-state index in [9.17, 15) is 4.79 Å². The summed E-state index contributed by atoms with van der Waals surface area (Å²) in [4.78, 5) is 23.4. The maximum atomic E-state index is 12.8.